The van der Waals surface area contributed by atoms with Gasteiger partial charge in [0.15, 0.2) is 5.96 Å². The molecule has 2 atom stereocenters. The predicted molar refractivity (Wildman–Crippen MR) is 118 cm³/mol. The quantitative estimate of drug-likeness (QED) is 0.387. The van der Waals surface area contributed by atoms with Crippen LogP contribution in [-0.2, 0) is 11.3 Å². The molecule has 3 N–H and O–H groups in total. The Morgan fingerprint density at radius 1 is 1.17 bits per heavy atom. The maximum Gasteiger partial charge on any atom is 0.191 e. The fraction of sp³-hybridized carbons (Fsp3) is 0.522. The molecule has 0 aliphatic carbocycles. The number of aliphatic hydroxyl groups excluding tert-OH is 1. The van der Waals surface area contributed by atoms with E-state index in [1.54, 1.807) is 6.26 Å². The van der Waals surface area contributed by atoms with Crippen molar-refractivity contribution < 1.29 is 14.3 Å². The van der Waals surface area contributed by atoms with E-state index in [0.29, 0.717) is 19.1 Å². The number of likely N-dealkylation sites (tertiary alicyclic amines) is 1. The minimum absolute atomic E-state index is 0.172. The Labute approximate surface area is 179 Å². The summed E-state index contributed by atoms with van der Waals surface area (Å²) in [6.45, 7) is 6.65. The second-order valence-corrected chi connectivity index (χ2v) is 7.53. The first-order valence-electron chi connectivity index (χ1n) is 10.9. The van der Waals surface area contributed by atoms with Crippen LogP contribution in [-0.4, -0.2) is 61.4 Å². The number of furan rings is 1. The van der Waals surface area contributed by atoms with Crippen LogP contribution in [0.5, 0.6) is 0 Å². The Kier molecular flexibility index (Phi) is 9.21. The van der Waals surface area contributed by atoms with Gasteiger partial charge >= 0.3 is 0 Å². The molecule has 0 amide bonds. The van der Waals surface area contributed by atoms with Crippen molar-refractivity contribution in [2.24, 2.45) is 4.99 Å². The minimum atomic E-state index is -0.649. The highest BCUT2D eigenvalue weighted by Gasteiger charge is 2.25. The van der Waals surface area contributed by atoms with Crippen molar-refractivity contribution in [1.29, 1.82) is 0 Å². The van der Waals surface area contributed by atoms with Gasteiger partial charge in [0.2, 0.25) is 0 Å². The van der Waals surface area contributed by atoms with Gasteiger partial charge in [-0.1, -0.05) is 30.3 Å². The topological polar surface area (TPSA) is 82.3 Å². The van der Waals surface area contributed by atoms with Gasteiger partial charge in [-0.25, -0.2) is 0 Å². The third-order valence-corrected chi connectivity index (χ3v) is 5.14. The van der Waals surface area contributed by atoms with Gasteiger partial charge in [-0.2, -0.15) is 0 Å². The third-order valence-electron chi connectivity index (χ3n) is 5.14. The number of aliphatic hydroxyl groups is 1. The summed E-state index contributed by atoms with van der Waals surface area (Å²) >= 11 is 0. The lowest BCUT2D eigenvalue weighted by Gasteiger charge is -2.26. The fourth-order valence-corrected chi connectivity index (χ4v) is 3.62. The van der Waals surface area contributed by atoms with Crippen LogP contribution in [0.3, 0.4) is 0 Å². The molecule has 164 valence electrons. The second kappa shape index (κ2) is 12.4. The number of rotatable bonds is 11. The SMILES string of the molecule is CCNC(=NCC(O)COCc1ccccc1)NCC(c1ccco1)N1CCCC1. The highest BCUT2D eigenvalue weighted by molar-refractivity contribution is 5.79. The average molecular weight is 415 g/mol. The zero-order chi connectivity index (χ0) is 21.0. The van der Waals surface area contributed by atoms with E-state index < -0.39 is 6.10 Å². The molecule has 1 aliphatic rings. The summed E-state index contributed by atoms with van der Waals surface area (Å²) in [5, 5.41) is 16.9. The molecule has 2 unspecified atom stereocenters. The van der Waals surface area contributed by atoms with Crippen molar-refractivity contribution in [2.45, 2.75) is 38.5 Å². The van der Waals surface area contributed by atoms with Crippen molar-refractivity contribution in [3.8, 4) is 0 Å². The molecule has 30 heavy (non-hydrogen) atoms. The van der Waals surface area contributed by atoms with Crippen molar-refractivity contribution in [2.75, 3.05) is 39.3 Å². The first kappa shape index (κ1) is 22.3. The fourth-order valence-electron chi connectivity index (χ4n) is 3.62. The number of hydrogen-bond donors (Lipinski definition) is 3. The molecule has 0 saturated carbocycles. The number of guanidine groups is 1. The van der Waals surface area contributed by atoms with Gasteiger partial charge < -0.3 is 24.9 Å². The minimum Gasteiger partial charge on any atom is -0.468 e. The summed E-state index contributed by atoms with van der Waals surface area (Å²) in [5.74, 6) is 1.66. The maximum absolute atomic E-state index is 10.2. The van der Waals surface area contributed by atoms with Gasteiger partial charge in [0.05, 0.1) is 38.2 Å². The molecule has 7 heteroatoms. The van der Waals surface area contributed by atoms with Crippen LogP contribution in [0.25, 0.3) is 0 Å². The number of ether oxygens (including phenoxy) is 1. The van der Waals surface area contributed by atoms with Crippen LogP contribution in [0.2, 0.25) is 0 Å². The van der Waals surface area contributed by atoms with Gasteiger partial charge in [0.1, 0.15) is 5.76 Å². The third kappa shape index (κ3) is 7.16. The summed E-state index contributed by atoms with van der Waals surface area (Å²) in [7, 11) is 0. The zero-order valence-corrected chi connectivity index (χ0v) is 17.8. The molecular weight excluding hydrogens is 380 g/mol. The summed E-state index contributed by atoms with van der Waals surface area (Å²) in [6.07, 6.45) is 3.52. The Morgan fingerprint density at radius 2 is 1.97 bits per heavy atom. The van der Waals surface area contributed by atoms with Crippen molar-refractivity contribution in [3.63, 3.8) is 0 Å². The van der Waals surface area contributed by atoms with Crippen LogP contribution in [0, 0.1) is 0 Å². The summed E-state index contributed by atoms with van der Waals surface area (Å²) in [5.41, 5.74) is 1.09. The molecule has 7 nitrogen and oxygen atoms in total. The van der Waals surface area contributed by atoms with E-state index in [-0.39, 0.29) is 19.2 Å². The number of aliphatic imine (C=N–C) groups is 1. The molecule has 1 aromatic carbocycles. The van der Waals surface area contributed by atoms with Crippen molar-refractivity contribution in [3.05, 3.63) is 60.1 Å². The molecule has 2 heterocycles. The van der Waals surface area contributed by atoms with E-state index in [4.69, 9.17) is 9.15 Å². The molecule has 3 rings (SSSR count). The Hall–Kier alpha value is -2.35. The highest BCUT2D eigenvalue weighted by Crippen LogP contribution is 2.24. The monoisotopic (exact) mass is 414 g/mol. The number of benzene rings is 1. The van der Waals surface area contributed by atoms with Gasteiger partial charge in [0, 0.05) is 13.1 Å². The molecule has 0 radical (unpaired) electrons. The molecule has 1 fully saturated rings. The van der Waals surface area contributed by atoms with E-state index >= 15 is 0 Å². The van der Waals surface area contributed by atoms with E-state index in [0.717, 1.165) is 31.0 Å². The molecular formula is C23H34N4O3. The number of nitrogens with zero attached hydrogens (tertiary/aromatic N) is 2. The molecule has 2 aromatic rings. The van der Waals surface area contributed by atoms with Crippen molar-refractivity contribution >= 4 is 5.96 Å². The van der Waals surface area contributed by atoms with E-state index in [2.05, 4.69) is 20.5 Å². The zero-order valence-electron chi connectivity index (χ0n) is 17.8. The lowest BCUT2D eigenvalue weighted by molar-refractivity contribution is 0.0331. The first-order valence-corrected chi connectivity index (χ1v) is 10.9. The maximum atomic E-state index is 10.2. The lowest BCUT2D eigenvalue weighted by Crippen LogP contribution is -2.43. The van der Waals surface area contributed by atoms with Crippen LogP contribution >= 0.6 is 0 Å². The molecule has 0 spiro atoms. The Morgan fingerprint density at radius 3 is 2.67 bits per heavy atom. The number of nitrogens with one attached hydrogen (secondary N) is 2. The van der Waals surface area contributed by atoms with Crippen LogP contribution in [0.1, 0.15) is 37.1 Å². The van der Waals surface area contributed by atoms with Crippen molar-refractivity contribution in [1.82, 2.24) is 15.5 Å². The Balaban J connectivity index is 1.47. The van der Waals surface area contributed by atoms with Crippen LogP contribution < -0.4 is 10.6 Å². The normalized spacial score (nSPS) is 17.1. The lowest BCUT2D eigenvalue weighted by atomic mass is 10.2. The molecule has 1 aliphatic heterocycles. The van der Waals surface area contributed by atoms with E-state index in [1.165, 1.54) is 12.8 Å². The summed E-state index contributed by atoms with van der Waals surface area (Å²) < 4.78 is 11.3. The van der Waals surface area contributed by atoms with E-state index in [1.807, 2.05) is 49.4 Å². The van der Waals surface area contributed by atoms with Crippen LogP contribution in [0.15, 0.2) is 58.1 Å². The molecule has 1 saturated heterocycles. The standard InChI is InChI=1S/C23H34N4O3/c1-2-24-23(25-15-20(28)18-29-17-19-9-4-3-5-10-19)26-16-21(22-11-8-14-30-22)27-12-6-7-13-27/h3-5,8-11,14,20-21,28H,2,6-7,12-13,15-18H2,1H3,(H2,24,25,26). The Bertz CT molecular complexity index is 730. The average Bonchev–Trinajstić information content (AvgIpc) is 3.48. The van der Waals surface area contributed by atoms with E-state index in [9.17, 15) is 5.11 Å². The van der Waals surface area contributed by atoms with Gasteiger partial charge in [-0.15, -0.1) is 0 Å². The highest BCUT2D eigenvalue weighted by atomic mass is 16.5. The smallest absolute Gasteiger partial charge is 0.191 e. The first-order chi connectivity index (χ1) is 14.8. The largest absolute Gasteiger partial charge is 0.468 e. The van der Waals surface area contributed by atoms with Gasteiger partial charge in [-0.05, 0) is 50.6 Å². The number of hydrogen-bond acceptors (Lipinski definition) is 5. The summed E-state index contributed by atoms with van der Waals surface area (Å²) in [6, 6.07) is 14.1. The molecule has 1 aromatic heterocycles. The van der Waals surface area contributed by atoms with Crippen LogP contribution in [0.4, 0.5) is 0 Å². The van der Waals surface area contributed by atoms with Gasteiger partial charge in [-0.3, -0.25) is 9.89 Å². The predicted octanol–water partition coefficient (Wildman–Crippen LogP) is 2.55. The van der Waals surface area contributed by atoms with Gasteiger partial charge in [0.25, 0.3) is 0 Å². The second-order valence-electron chi connectivity index (χ2n) is 7.53. The molecule has 0 bridgehead atoms. The summed E-state index contributed by atoms with van der Waals surface area (Å²) in [4.78, 5) is 6.98.